The molecule has 0 bridgehead atoms. The van der Waals surface area contributed by atoms with E-state index in [1.165, 1.54) is 18.4 Å². The molecule has 0 radical (unpaired) electrons. The number of rotatable bonds is 7. The van der Waals surface area contributed by atoms with Crippen molar-refractivity contribution in [2.75, 3.05) is 39.3 Å². The van der Waals surface area contributed by atoms with Crippen LogP contribution >= 0.6 is 34.5 Å². The number of nitrogens with zero attached hydrogens (tertiary/aromatic N) is 2. The molecule has 0 unspecified atom stereocenters. The minimum atomic E-state index is -0.446. The van der Waals surface area contributed by atoms with Crippen molar-refractivity contribution in [3.8, 4) is 0 Å². The van der Waals surface area contributed by atoms with Crippen LogP contribution in [0.1, 0.15) is 38.0 Å². The molecule has 2 N–H and O–H groups in total. The van der Waals surface area contributed by atoms with E-state index in [4.69, 9.17) is 37.4 Å². The molecule has 12 heteroatoms. The third-order valence-corrected chi connectivity index (χ3v) is 7.15. The molecule has 1 amide bonds. The summed E-state index contributed by atoms with van der Waals surface area (Å²) < 4.78 is 15.6. The van der Waals surface area contributed by atoms with Crippen LogP contribution in [0.2, 0.25) is 10.0 Å². The summed E-state index contributed by atoms with van der Waals surface area (Å²) in [6, 6.07) is -0.231. The monoisotopic (exact) mass is 490 g/mol. The number of halogens is 2. The maximum atomic E-state index is 12.7. The Balaban J connectivity index is 1.73. The molecule has 9 nitrogen and oxygen atoms in total. The van der Waals surface area contributed by atoms with Gasteiger partial charge in [-0.05, 0) is 13.3 Å². The lowest BCUT2D eigenvalue weighted by atomic mass is 10.0. The lowest BCUT2D eigenvalue weighted by Gasteiger charge is -2.37. The number of hydrogen-bond donors (Lipinski definition) is 2. The minimum Gasteiger partial charge on any atom is -0.465 e. The number of anilines is 1. The van der Waals surface area contributed by atoms with Crippen molar-refractivity contribution >= 4 is 51.5 Å². The summed E-state index contributed by atoms with van der Waals surface area (Å²) in [5.41, 5.74) is 1.40. The van der Waals surface area contributed by atoms with Crippen molar-refractivity contribution in [1.82, 2.24) is 15.3 Å². The van der Waals surface area contributed by atoms with Crippen LogP contribution in [0.4, 0.5) is 5.13 Å². The van der Waals surface area contributed by atoms with Crippen LogP contribution in [0.3, 0.4) is 0 Å². The second-order valence-electron chi connectivity index (χ2n) is 7.04. The van der Waals surface area contributed by atoms with E-state index in [9.17, 15) is 9.59 Å². The summed E-state index contributed by atoms with van der Waals surface area (Å²) in [7, 11) is 4.47. The van der Waals surface area contributed by atoms with Gasteiger partial charge >= 0.3 is 5.97 Å². The quantitative estimate of drug-likeness (QED) is 0.574. The van der Waals surface area contributed by atoms with E-state index in [1.54, 1.807) is 21.1 Å². The number of ether oxygens (including phenoxy) is 3. The Labute approximate surface area is 194 Å². The maximum Gasteiger partial charge on any atom is 0.350 e. The first-order valence-corrected chi connectivity index (χ1v) is 11.1. The number of carbonyl (C=O) groups excluding carboxylic acids is 2. The number of amides is 1. The second kappa shape index (κ2) is 10.2. The Hall–Kier alpha value is -1.85. The van der Waals surface area contributed by atoms with E-state index < -0.39 is 5.97 Å². The first kappa shape index (κ1) is 23.8. The number of carbonyl (C=O) groups is 2. The van der Waals surface area contributed by atoms with Crippen molar-refractivity contribution < 1.29 is 23.8 Å². The number of aryl methyl sites for hydroxylation is 1. The van der Waals surface area contributed by atoms with Crippen LogP contribution in [-0.2, 0) is 20.8 Å². The van der Waals surface area contributed by atoms with Gasteiger partial charge in [0.05, 0.1) is 41.6 Å². The minimum absolute atomic E-state index is 0.201. The fraction of sp³-hybridized carbons (Fsp3) is 0.526. The number of aromatic nitrogens is 2. The lowest BCUT2D eigenvalue weighted by molar-refractivity contribution is 0.0540. The molecule has 1 saturated heterocycles. The Morgan fingerprint density at radius 2 is 2.03 bits per heavy atom. The van der Waals surface area contributed by atoms with Gasteiger partial charge in [0.15, 0.2) is 5.13 Å². The molecule has 2 atom stereocenters. The van der Waals surface area contributed by atoms with Crippen LogP contribution in [-0.4, -0.2) is 68.4 Å². The van der Waals surface area contributed by atoms with Crippen LogP contribution in [0.5, 0.6) is 0 Å². The van der Waals surface area contributed by atoms with Crippen LogP contribution in [0.15, 0.2) is 0 Å². The fourth-order valence-electron chi connectivity index (χ4n) is 3.42. The Morgan fingerprint density at radius 3 is 2.61 bits per heavy atom. The zero-order chi connectivity index (χ0) is 22.7. The van der Waals surface area contributed by atoms with E-state index >= 15 is 0 Å². The zero-order valence-corrected chi connectivity index (χ0v) is 19.9. The number of thiazole rings is 1. The zero-order valence-electron chi connectivity index (χ0n) is 17.6. The molecule has 2 aromatic rings. The summed E-state index contributed by atoms with van der Waals surface area (Å²) in [6.45, 7) is 3.06. The van der Waals surface area contributed by atoms with E-state index in [-0.39, 0.29) is 35.4 Å². The Bertz CT molecular complexity index is 963. The SMILES string of the molecule is COCc1nc(N2CC[C@H](NC(=O)c3[nH]c(C)c(Cl)c3Cl)[C@H](OC)C2)sc1C(=O)OC. The summed E-state index contributed by atoms with van der Waals surface area (Å²) >= 11 is 13.5. The number of esters is 1. The molecule has 0 aliphatic carbocycles. The van der Waals surface area contributed by atoms with Gasteiger partial charge < -0.3 is 29.4 Å². The summed E-state index contributed by atoms with van der Waals surface area (Å²) in [5.74, 6) is -0.789. The number of H-pyrrole nitrogens is 1. The standard InChI is InChI=1S/C19H24Cl2N4O5S/c1-9-13(20)14(21)15(22-9)17(26)23-10-5-6-25(7-12(10)29-3)19-24-11(8-28-2)16(31-19)18(27)30-4/h10,12,22H,5-8H2,1-4H3,(H,23,26)/t10-,12+/m0/s1. The summed E-state index contributed by atoms with van der Waals surface area (Å²) in [4.78, 5) is 34.7. The van der Waals surface area contributed by atoms with Crippen molar-refractivity contribution in [2.45, 2.75) is 32.1 Å². The molecule has 2 aromatic heterocycles. The molecule has 0 aromatic carbocycles. The number of aromatic amines is 1. The average molecular weight is 491 g/mol. The molecule has 0 spiro atoms. The highest BCUT2D eigenvalue weighted by Crippen LogP contribution is 2.31. The highest BCUT2D eigenvalue weighted by atomic mass is 35.5. The molecular weight excluding hydrogens is 467 g/mol. The molecule has 1 aliphatic heterocycles. The van der Waals surface area contributed by atoms with Crippen molar-refractivity contribution in [3.05, 3.63) is 32.0 Å². The second-order valence-corrected chi connectivity index (χ2v) is 8.77. The maximum absolute atomic E-state index is 12.7. The van der Waals surface area contributed by atoms with Gasteiger partial charge in [0.25, 0.3) is 5.91 Å². The smallest absolute Gasteiger partial charge is 0.350 e. The van der Waals surface area contributed by atoms with Crippen molar-refractivity contribution in [1.29, 1.82) is 0 Å². The van der Waals surface area contributed by atoms with E-state index in [0.717, 1.165) is 0 Å². The average Bonchev–Trinajstić information content (AvgIpc) is 3.30. The first-order valence-electron chi connectivity index (χ1n) is 9.49. The van der Waals surface area contributed by atoms with Crippen molar-refractivity contribution in [3.63, 3.8) is 0 Å². The van der Waals surface area contributed by atoms with Gasteiger partial charge in [0.1, 0.15) is 10.6 Å². The van der Waals surface area contributed by atoms with Gasteiger partial charge in [-0.1, -0.05) is 34.5 Å². The van der Waals surface area contributed by atoms with Gasteiger partial charge in [0.2, 0.25) is 0 Å². The number of nitrogens with one attached hydrogen (secondary N) is 2. The molecule has 1 aliphatic rings. The molecule has 3 rings (SSSR count). The number of hydrogen-bond acceptors (Lipinski definition) is 8. The largest absolute Gasteiger partial charge is 0.465 e. The van der Waals surface area contributed by atoms with Gasteiger partial charge in [-0.15, -0.1) is 0 Å². The van der Waals surface area contributed by atoms with Gasteiger partial charge in [-0.2, -0.15) is 0 Å². The van der Waals surface area contributed by atoms with E-state index in [0.29, 0.717) is 45.9 Å². The molecular formula is C19H24Cl2N4O5S. The van der Waals surface area contributed by atoms with Crippen molar-refractivity contribution in [2.24, 2.45) is 0 Å². The summed E-state index contributed by atoms with van der Waals surface area (Å²) in [5, 5.41) is 4.19. The van der Waals surface area contributed by atoms with Gasteiger partial charge in [-0.3, -0.25) is 4.79 Å². The van der Waals surface area contributed by atoms with Crippen LogP contribution in [0.25, 0.3) is 0 Å². The summed E-state index contributed by atoms with van der Waals surface area (Å²) in [6.07, 6.45) is 0.321. The third-order valence-electron chi connectivity index (χ3n) is 5.07. The molecule has 1 fully saturated rings. The predicted molar refractivity (Wildman–Crippen MR) is 119 cm³/mol. The Kier molecular flexibility index (Phi) is 7.82. The molecule has 170 valence electrons. The predicted octanol–water partition coefficient (Wildman–Crippen LogP) is 3.04. The van der Waals surface area contributed by atoms with E-state index in [1.807, 2.05) is 4.90 Å². The highest BCUT2D eigenvalue weighted by molar-refractivity contribution is 7.17. The topological polar surface area (TPSA) is 106 Å². The molecule has 0 saturated carbocycles. The molecule has 31 heavy (non-hydrogen) atoms. The fourth-order valence-corrected chi connectivity index (χ4v) is 4.86. The van der Waals surface area contributed by atoms with Gasteiger partial charge in [-0.25, -0.2) is 9.78 Å². The number of methoxy groups -OCH3 is 3. The third kappa shape index (κ3) is 4.98. The lowest BCUT2D eigenvalue weighted by Crippen LogP contribution is -2.55. The highest BCUT2D eigenvalue weighted by Gasteiger charge is 2.33. The van der Waals surface area contributed by atoms with Gasteiger partial charge in [0, 0.05) is 33.0 Å². The normalized spacial score (nSPS) is 18.8. The number of piperidine rings is 1. The van der Waals surface area contributed by atoms with Crippen LogP contribution < -0.4 is 10.2 Å². The first-order chi connectivity index (χ1) is 14.8. The van der Waals surface area contributed by atoms with E-state index in [2.05, 4.69) is 15.3 Å². The Morgan fingerprint density at radius 1 is 1.29 bits per heavy atom. The van der Waals surface area contributed by atoms with Crippen LogP contribution in [0, 0.1) is 6.92 Å². The molecule has 3 heterocycles.